The van der Waals surface area contributed by atoms with E-state index < -0.39 is 33.5 Å². The van der Waals surface area contributed by atoms with E-state index in [1.165, 1.54) is 11.5 Å². The third-order valence-corrected chi connectivity index (χ3v) is 5.74. The van der Waals surface area contributed by atoms with Gasteiger partial charge in [-0.2, -0.15) is 4.98 Å². The zero-order valence-electron chi connectivity index (χ0n) is 12.2. The van der Waals surface area contributed by atoms with Crippen LogP contribution in [-0.4, -0.2) is 40.6 Å². The molecule has 7 nitrogen and oxygen atoms in total. The maximum atomic E-state index is 12.1. The van der Waals surface area contributed by atoms with Gasteiger partial charge in [0.05, 0.1) is 23.5 Å². The largest absolute Gasteiger partial charge is 0.481 e. The second-order valence-corrected chi connectivity index (χ2v) is 7.69. The zero-order chi connectivity index (χ0) is 15.9. The average Bonchev–Trinajstić information content (AvgIpc) is 2.68. The summed E-state index contributed by atoms with van der Waals surface area (Å²) >= 11 is 0. The molecule has 0 aliphatic carbocycles. The lowest BCUT2D eigenvalue weighted by molar-refractivity contribution is -0.138. The Morgan fingerprint density at radius 1 is 1.43 bits per heavy atom. The molecule has 0 bridgehead atoms. The van der Waals surface area contributed by atoms with Crippen molar-refractivity contribution < 1.29 is 18.3 Å². The molecule has 0 amide bonds. The molecule has 0 aromatic carbocycles. The Hall–Kier alpha value is -1.70. The van der Waals surface area contributed by atoms with Gasteiger partial charge in [0.2, 0.25) is 0 Å². The standard InChI is InChI=1S/C13H18N2O5S/c1-7(12(16)17)11-8(2)14-13(18)15(9(11)3)10-4-5-21(19,20)6-10/h7,10H,4-6H2,1-3H3,(H,16,17). The molecule has 1 aromatic rings. The predicted octanol–water partition coefficient (Wildman–Crippen LogP) is 0.408. The normalized spacial score (nSPS) is 22.1. The van der Waals surface area contributed by atoms with E-state index in [0.29, 0.717) is 23.4 Å². The number of aryl methyl sites for hydroxylation is 1. The van der Waals surface area contributed by atoms with Crippen molar-refractivity contribution in [2.75, 3.05) is 11.5 Å². The molecule has 1 saturated heterocycles. The second kappa shape index (κ2) is 5.25. The van der Waals surface area contributed by atoms with E-state index >= 15 is 0 Å². The molecule has 2 atom stereocenters. The predicted molar refractivity (Wildman–Crippen MR) is 76.3 cm³/mol. The van der Waals surface area contributed by atoms with E-state index in [1.807, 2.05) is 0 Å². The van der Waals surface area contributed by atoms with E-state index in [9.17, 15) is 23.1 Å². The number of carboxylic acid groups (broad SMARTS) is 1. The number of sulfone groups is 1. The number of aromatic nitrogens is 2. The number of hydrogen-bond donors (Lipinski definition) is 1. The van der Waals surface area contributed by atoms with Gasteiger partial charge in [0, 0.05) is 17.0 Å². The van der Waals surface area contributed by atoms with Crippen molar-refractivity contribution in [3.63, 3.8) is 0 Å². The molecule has 2 heterocycles. The van der Waals surface area contributed by atoms with Gasteiger partial charge in [-0.1, -0.05) is 0 Å². The van der Waals surface area contributed by atoms with Gasteiger partial charge in [-0.15, -0.1) is 0 Å². The van der Waals surface area contributed by atoms with Gasteiger partial charge in [0.15, 0.2) is 9.84 Å². The van der Waals surface area contributed by atoms with Crippen molar-refractivity contribution in [3.8, 4) is 0 Å². The van der Waals surface area contributed by atoms with Crippen LogP contribution in [0.5, 0.6) is 0 Å². The number of carbonyl (C=O) groups is 1. The highest BCUT2D eigenvalue weighted by Gasteiger charge is 2.32. The van der Waals surface area contributed by atoms with Gasteiger partial charge in [-0.25, -0.2) is 13.2 Å². The van der Waals surface area contributed by atoms with Crippen LogP contribution in [0.25, 0.3) is 0 Å². The molecule has 116 valence electrons. The SMILES string of the molecule is Cc1nc(=O)n(C2CCS(=O)(=O)C2)c(C)c1C(C)C(=O)O. The number of rotatable bonds is 3. The summed E-state index contributed by atoms with van der Waals surface area (Å²) in [4.78, 5) is 27.2. The highest BCUT2D eigenvalue weighted by atomic mass is 32.2. The van der Waals surface area contributed by atoms with Crippen LogP contribution in [0.2, 0.25) is 0 Å². The number of hydrogen-bond acceptors (Lipinski definition) is 5. The van der Waals surface area contributed by atoms with E-state index in [-0.39, 0.29) is 11.5 Å². The van der Waals surface area contributed by atoms with Gasteiger partial charge in [0.25, 0.3) is 0 Å². The van der Waals surface area contributed by atoms with Crippen molar-refractivity contribution in [2.24, 2.45) is 0 Å². The lowest BCUT2D eigenvalue weighted by Crippen LogP contribution is -2.32. The lowest BCUT2D eigenvalue weighted by Gasteiger charge is -2.21. The van der Waals surface area contributed by atoms with Crippen LogP contribution < -0.4 is 5.69 Å². The van der Waals surface area contributed by atoms with Crippen LogP contribution in [0.4, 0.5) is 0 Å². The molecule has 21 heavy (non-hydrogen) atoms. The Morgan fingerprint density at radius 2 is 2.05 bits per heavy atom. The minimum atomic E-state index is -3.14. The Kier molecular flexibility index (Phi) is 3.92. The fourth-order valence-corrected chi connectivity index (χ4v) is 4.65. The first-order chi connectivity index (χ1) is 9.64. The van der Waals surface area contributed by atoms with Gasteiger partial charge in [0.1, 0.15) is 0 Å². The van der Waals surface area contributed by atoms with Crippen LogP contribution in [0.15, 0.2) is 4.79 Å². The summed E-state index contributed by atoms with van der Waals surface area (Å²) in [5.74, 6) is -1.87. The number of aliphatic carboxylic acids is 1. The van der Waals surface area contributed by atoms with Crippen molar-refractivity contribution in [3.05, 3.63) is 27.4 Å². The van der Waals surface area contributed by atoms with Gasteiger partial charge in [-0.3, -0.25) is 9.36 Å². The Labute approximate surface area is 122 Å². The molecule has 1 N–H and O–H groups in total. The van der Waals surface area contributed by atoms with E-state index in [0.717, 1.165) is 0 Å². The summed E-state index contributed by atoms with van der Waals surface area (Å²) < 4.78 is 24.5. The van der Waals surface area contributed by atoms with Gasteiger partial charge >= 0.3 is 11.7 Å². The van der Waals surface area contributed by atoms with Gasteiger partial charge in [-0.05, 0) is 27.2 Å². The van der Waals surface area contributed by atoms with Crippen molar-refractivity contribution >= 4 is 15.8 Å². The maximum absolute atomic E-state index is 12.1. The molecule has 1 aliphatic heterocycles. The Bertz CT molecular complexity index is 751. The third-order valence-electron chi connectivity index (χ3n) is 3.99. The van der Waals surface area contributed by atoms with E-state index in [2.05, 4.69) is 4.98 Å². The topological polar surface area (TPSA) is 106 Å². The molecular weight excluding hydrogens is 296 g/mol. The van der Waals surface area contributed by atoms with Crippen LogP contribution in [0.3, 0.4) is 0 Å². The maximum Gasteiger partial charge on any atom is 0.348 e. The summed E-state index contributed by atoms with van der Waals surface area (Å²) in [6.45, 7) is 4.77. The van der Waals surface area contributed by atoms with Crippen molar-refractivity contribution in [2.45, 2.75) is 39.2 Å². The lowest BCUT2D eigenvalue weighted by atomic mass is 9.97. The van der Waals surface area contributed by atoms with Gasteiger partial charge < -0.3 is 5.11 Å². The molecule has 0 spiro atoms. The smallest absolute Gasteiger partial charge is 0.348 e. The first-order valence-electron chi connectivity index (χ1n) is 6.67. The van der Waals surface area contributed by atoms with Crippen molar-refractivity contribution in [1.82, 2.24) is 9.55 Å². The molecule has 1 fully saturated rings. The minimum absolute atomic E-state index is 0.0429. The quantitative estimate of drug-likeness (QED) is 0.866. The summed E-state index contributed by atoms with van der Waals surface area (Å²) in [6.07, 6.45) is 0.356. The monoisotopic (exact) mass is 314 g/mol. The fraction of sp³-hybridized carbons (Fsp3) is 0.615. The first kappa shape index (κ1) is 15.7. The molecule has 0 radical (unpaired) electrons. The number of carboxylic acids is 1. The van der Waals surface area contributed by atoms with Crippen LogP contribution in [0.1, 0.15) is 42.3 Å². The first-order valence-corrected chi connectivity index (χ1v) is 8.49. The Morgan fingerprint density at radius 3 is 2.52 bits per heavy atom. The van der Waals surface area contributed by atoms with E-state index in [1.54, 1.807) is 13.8 Å². The fourth-order valence-electron chi connectivity index (χ4n) is 2.95. The second-order valence-electron chi connectivity index (χ2n) is 5.47. The third kappa shape index (κ3) is 2.85. The summed E-state index contributed by atoms with van der Waals surface area (Å²) in [6, 6.07) is -0.463. The molecule has 1 aliphatic rings. The molecule has 8 heteroatoms. The minimum Gasteiger partial charge on any atom is -0.481 e. The summed E-state index contributed by atoms with van der Waals surface area (Å²) in [7, 11) is -3.14. The highest BCUT2D eigenvalue weighted by Crippen LogP contribution is 2.27. The molecule has 1 aromatic heterocycles. The number of nitrogens with zero attached hydrogens (tertiary/aromatic N) is 2. The molecular formula is C13H18N2O5S. The van der Waals surface area contributed by atoms with Crippen LogP contribution in [0, 0.1) is 13.8 Å². The Balaban J connectivity index is 2.60. The zero-order valence-corrected chi connectivity index (χ0v) is 13.0. The highest BCUT2D eigenvalue weighted by molar-refractivity contribution is 7.91. The molecule has 2 unspecified atom stereocenters. The summed E-state index contributed by atoms with van der Waals surface area (Å²) in [5, 5.41) is 9.18. The van der Waals surface area contributed by atoms with Crippen LogP contribution in [-0.2, 0) is 14.6 Å². The summed E-state index contributed by atoms with van der Waals surface area (Å²) in [5.41, 5.74) is 0.828. The molecule has 0 saturated carbocycles. The van der Waals surface area contributed by atoms with Crippen molar-refractivity contribution in [1.29, 1.82) is 0 Å². The molecule has 2 rings (SSSR count). The van der Waals surface area contributed by atoms with Crippen LogP contribution >= 0.6 is 0 Å². The van der Waals surface area contributed by atoms with E-state index in [4.69, 9.17) is 0 Å². The average molecular weight is 314 g/mol.